The van der Waals surface area contributed by atoms with Crippen molar-refractivity contribution >= 4 is 17.5 Å². The Morgan fingerprint density at radius 3 is 2.42 bits per heavy atom. The summed E-state index contributed by atoms with van der Waals surface area (Å²) < 4.78 is 10.8. The highest BCUT2D eigenvalue weighted by Gasteiger charge is 2.20. The van der Waals surface area contributed by atoms with Crippen molar-refractivity contribution in [1.29, 1.82) is 0 Å². The lowest BCUT2D eigenvalue weighted by atomic mass is 10.0. The normalized spacial score (nSPS) is 13.0. The van der Waals surface area contributed by atoms with E-state index in [-0.39, 0.29) is 11.9 Å². The van der Waals surface area contributed by atoms with Gasteiger partial charge in [0, 0.05) is 0 Å². The van der Waals surface area contributed by atoms with Crippen molar-refractivity contribution in [3.63, 3.8) is 0 Å². The molecule has 0 aromatic heterocycles. The van der Waals surface area contributed by atoms with Crippen LogP contribution in [-0.2, 0) is 4.79 Å². The number of carbonyl (C=O) groups excluding carboxylic acids is 1. The van der Waals surface area contributed by atoms with E-state index >= 15 is 0 Å². The van der Waals surface area contributed by atoms with Crippen molar-refractivity contribution in [2.45, 2.75) is 32.4 Å². The minimum atomic E-state index is -0.641. The molecule has 0 bridgehead atoms. The third kappa shape index (κ3) is 4.65. The van der Waals surface area contributed by atoms with Crippen LogP contribution in [0.2, 0.25) is 5.02 Å². The summed E-state index contributed by atoms with van der Waals surface area (Å²) in [6.07, 6.45) is 0.133. The summed E-state index contributed by atoms with van der Waals surface area (Å²) in [6, 6.07) is 14.7. The highest BCUT2D eigenvalue weighted by Crippen LogP contribution is 2.25. The van der Waals surface area contributed by atoms with Crippen molar-refractivity contribution < 1.29 is 14.3 Å². The molecule has 0 unspecified atom stereocenters. The lowest BCUT2D eigenvalue weighted by Crippen LogP contribution is -2.38. The number of ether oxygens (including phenoxy) is 2. The molecule has 0 spiro atoms. The molecule has 0 saturated heterocycles. The number of nitrogens with one attached hydrogen (secondary N) is 1. The Bertz CT molecular complexity index is 673. The summed E-state index contributed by atoms with van der Waals surface area (Å²) in [5.41, 5.74) is 1.02. The first-order chi connectivity index (χ1) is 11.5. The summed E-state index contributed by atoms with van der Waals surface area (Å²) in [4.78, 5) is 12.4. The molecule has 128 valence electrons. The minimum absolute atomic E-state index is 0.0827. The number of methoxy groups -OCH3 is 1. The third-order valence-electron chi connectivity index (χ3n) is 3.75. The van der Waals surface area contributed by atoms with Gasteiger partial charge in [-0.3, -0.25) is 4.79 Å². The zero-order valence-corrected chi connectivity index (χ0v) is 14.8. The third-order valence-corrected chi connectivity index (χ3v) is 4.06. The number of para-hydroxylation sites is 1. The molecule has 2 atom stereocenters. The molecular formula is C19H22ClNO3. The zero-order valence-electron chi connectivity index (χ0n) is 14.1. The number of hydrogen-bond acceptors (Lipinski definition) is 3. The van der Waals surface area contributed by atoms with Gasteiger partial charge in [0.2, 0.25) is 0 Å². The standard InChI is InChI=1S/C19H22ClNO3/c1-4-17(14-9-11-15(23-3)12-10-14)21-19(22)13(2)24-18-8-6-5-7-16(18)20/h5-13,17H,4H2,1-3H3,(H,21,22)/t13-,17-/m0/s1. The van der Waals surface area contributed by atoms with Crippen molar-refractivity contribution in [2.24, 2.45) is 0 Å². The Morgan fingerprint density at radius 1 is 1.17 bits per heavy atom. The van der Waals surface area contributed by atoms with Gasteiger partial charge in [-0.2, -0.15) is 0 Å². The monoisotopic (exact) mass is 347 g/mol. The van der Waals surface area contributed by atoms with Gasteiger partial charge in [-0.25, -0.2) is 0 Å². The maximum absolute atomic E-state index is 12.4. The maximum atomic E-state index is 12.4. The van der Waals surface area contributed by atoms with E-state index in [1.807, 2.05) is 43.3 Å². The van der Waals surface area contributed by atoms with E-state index < -0.39 is 6.10 Å². The quantitative estimate of drug-likeness (QED) is 0.808. The second-order valence-corrected chi connectivity index (χ2v) is 5.84. The lowest BCUT2D eigenvalue weighted by molar-refractivity contribution is -0.128. The van der Waals surface area contributed by atoms with Gasteiger partial charge in [-0.1, -0.05) is 42.8 Å². The Morgan fingerprint density at radius 2 is 1.83 bits per heavy atom. The van der Waals surface area contributed by atoms with Crippen molar-refractivity contribution in [3.05, 3.63) is 59.1 Å². The molecule has 4 nitrogen and oxygen atoms in total. The molecule has 0 aliphatic carbocycles. The van der Waals surface area contributed by atoms with Gasteiger partial charge >= 0.3 is 0 Å². The lowest BCUT2D eigenvalue weighted by Gasteiger charge is -2.21. The summed E-state index contributed by atoms with van der Waals surface area (Å²) >= 11 is 6.06. The maximum Gasteiger partial charge on any atom is 0.261 e. The number of benzene rings is 2. The van der Waals surface area contributed by atoms with Crippen LogP contribution in [0.5, 0.6) is 11.5 Å². The topological polar surface area (TPSA) is 47.6 Å². The summed E-state index contributed by atoms with van der Waals surface area (Å²) in [7, 11) is 1.63. The number of amides is 1. The zero-order chi connectivity index (χ0) is 17.5. The second-order valence-electron chi connectivity index (χ2n) is 5.43. The summed E-state index contributed by atoms with van der Waals surface area (Å²) in [6.45, 7) is 3.73. The van der Waals surface area contributed by atoms with Crippen LogP contribution >= 0.6 is 11.6 Å². The van der Waals surface area contributed by atoms with Gasteiger partial charge in [0.1, 0.15) is 11.5 Å². The molecule has 0 heterocycles. The predicted octanol–water partition coefficient (Wildman–Crippen LogP) is 4.38. The average molecular weight is 348 g/mol. The van der Waals surface area contributed by atoms with Crippen LogP contribution in [0.25, 0.3) is 0 Å². The Kier molecular flexibility index (Phi) is 6.50. The molecule has 24 heavy (non-hydrogen) atoms. The first kappa shape index (κ1) is 18.1. The molecule has 0 saturated carbocycles. The van der Waals surface area contributed by atoms with Crippen molar-refractivity contribution in [3.8, 4) is 11.5 Å². The Hall–Kier alpha value is -2.20. The van der Waals surface area contributed by atoms with Gasteiger partial charge in [0.25, 0.3) is 5.91 Å². The van der Waals surface area contributed by atoms with E-state index in [1.54, 1.807) is 26.2 Å². The molecule has 2 aromatic rings. The summed E-state index contributed by atoms with van der Waals surface area (Å²) in [5, 5.41) is 3.50. The Balaban J connectivity index is 2.01. The van der Waals surface area contributed by atoms with E-state index in [0.717, 1.165) is 17.7 Å². The van der Waals surface area contributed by atoms with Gasteiger partial charge in [0.05, 0.1) is 18.2 Å². The fourth-order valence-electron chi connectivity index (χ4n) is 2.33. The van der Waals surface area contributed by atoms with Crippen LogP contribution in [0.3, 0.4) is 0 Å². The molecule has 2 aromatic carbocycles. The highest BCUT2D eigenvalue weighted by molar-refractivity contribution is 6.32. The minimum Gasteiger partial charge on any atom is -0.497 e. The largest absolute Gasteiger partial charge is 0.497 e. The molecular weight excluding hydrogens is 326 g/mol. The van der Waals surface area contributed by atoms with Gasteiger partial charge in [-0.15, -0.1) is 0 Å². The molecule has 1 N–H and O–H groups in total. The van der Waals surface area contributed by atoms with Gasteiger partial charge in [0.15, 0.2) is 6.10 Å². The van der Waals surface area contributed by atoms with E-state index in [2.05, 4.69) is 5.32 Å². The van der Waals surface area contributed by atoms with Crippen molar-refractivity contribution in [2.75, 3.05) is 7.11 Å². The van der Waals surface area contributed by atoms with Crippen LogP contribution in [0, 0.1) is 0 Å². The molecule has 2 rings (SSSR count). The molecule has 0 radical (unpaired) electrons. The number of halogens is 1. The molecule has 5 heteroatoms. The highest BCUT2D eigenvalue weighted by atomic mass is 35.5. The molecule has 0 aliphatic rings. The van der Waals surface area contributed by atoms with Gasteiger partial charge < -0.3 is 14.8 Å². The number of hydrogen-bond donors (Lipinski definition) is 1. The Labute approximate surface area is 147 Å². The summed E-state index contributed by atoms with van der Waals surface area (Å²) in [5.74, 6) is 1.10. The fourth-order valence-corrected chi connectivity index (χ4v) is 2.51. The van der Waals surface area contributed by atoms with Crippen LogP contribution in [0.4, 0.5) is 0 Å². The van der Waals surface area contributed by atoms with Crippen LogP contribution in [0.1, 0.15) is 31.9 Å². The second kappa shape index (κ2) is 8.60. The molecule has 0 fully saturated rings. The first-order valence-electron chi connectivity index (χ1n) is 7.90. The van der Waals surface area contributed by atoms with Crippen LogP contribution < -0.4 is 14.8 Å². The smallest absolute Gasteiger partial charge is 0.261 e. The first-order valence-corrected chi connectivity index (χ1v) is 8.28. The molecule has 0 aliphatic heterocycles. The van der Waals surface area contributed by atoms with Crippen molar-refractivity contribution in [1.82, 2.24) is 5.32 Å². The number of carbonyl (C=O) groups is 1. The van der Waals surface area contributed by atoms with E-state index in [9.17, 15) is 4.79 Å². The van der Waals surface area contributed by atoms with E-state index in [4.69, 9.17) is 21.1 Å². The van der Waals surface area contributed by atoms with Crippen LogP contribution in [-0.4, -0.2) is 19.1 Å². The van der Waals surface area contributed by atoms with Gasteiger partial charge in [-0.05, 0) is 43.2 Å². The predicted molar refractivity (Wildman–Crippen MR) is 95.7 cm³/mol. The SMILES string of the molecule is CC[C@H](NC(=O)[C@H](C)Oc1ccccc1Cl)c1ccc(OC)cc1. The average Bonchev–Trinajstić information content (AvgIpc) is 2.61. The van der Waals surface area contributed by atoms with Crippen LogP contribution in [0.15, 0.2) is 48.5 Å². The number of rotatable bonds is 7. The van der Waals surface area contributed by atoms with E-state index in [1.165, 1.54) is 0 Å². The van der Waals surface area contributed by atoms with E-state index in [0.29, 0.717) is 10.8 Å². The molecule has 1 amide bonds. The fraction of sp³-hybridized carbons (Fsp3) is 0.316.